The second kappa shape index (κ2) is 7.74. The fourth-order valence-electron chi connectivity index (χ4n) is 4.07. The molecule has 0 radical (unpaired) electrons. The third-order valence-corrected chi connectivity index (χ3v) is 5.94. The number of hydroxylamine groups is 1. The van der Waals surface area contributed by atoms with Gasteiger partial charge in [0.2, 0.25) is 0 Å². The van der Waals surface area contributed by atoms with E-state index in [1.807, 2.05) is 43.1 Å². The van der Waals surface area contributed by atoms with Gasteiger partial charge in [0.15, 0.2) is 0 Å². The molecule has 32 heavy (non-hydrogen) atoms. The van der Waals surface area contributed by atoms with E-state index in [4.69, 9.17) is 4.84 Å². The maximum Gasteiger partial charge on any atom is 0.416 e. The van der Waals surface area contributed by atoms with Crippen molar-refractivity contribution >= 4 is 22.4 Å². The van der Waals surface area contributed by atoms with Gasteiger partial charge in [0.05, 0.1) is 28.8 Å². The summed E-state index contributed by atoms with van der Waals surface area (Å²) in [5, 5.41) is 1.76. The number of rotatable bonds is 3. The Hall–Kier alpha value is -3.20. The minimum Gasteiger partial charge on any atom is -0.384 e. The number of benzene rings is 2. The van der Waals surface area contributed by atoms with E-state index in [1.54, 1.807) is 11.1 Å². The van der Waals surface area contributed by atoms with Gasteiger partial charge in [0, 0.05) is 37.4 Å². The minimum absolute atomic E-state index is 0.412. The zero-order chi connectivity index (χ0) is 22.5. The lowest BCUT2D eigenvalue weighted by Crippen LogP contribution is -2.44. The maximum absolute atomic E-state index is 13.7. The molecule has 0 bridgehead atoms. The molecule has 2 aliphatic heterocycles. The van der Waals surface area contributed by atoms with Crippen LogP contribution < -0.4 is 9.96 Å². The molecule has 1 saturated heterocycles. The van der Waals surface area contributed by atoms with Gasteiger partial charge in [0.1, 0.15) is 11.6 Å². The number of hydrogen-bond acceptors (Lipinski definition) is 5. The van der Waals surface area contributed by atoms with Crippen molar-refractivity contribution in [2.75, 3.05) is 49.7 Å². The summed E-state index contributed by atoms with van der Waals surface area (Å²) in [4.78, 5) is 17.6. The van der Waals surface area contributed by atoms with Crippen LogP contribution in [0.1, 0.15) is 12.5 Å². The van der Waals surface area contributed by atoms with Crippen molar-refractivity contribution in [2.45, 2.75) is 13.1 Å². The Morgan fingerprint density at radius 2 is 1.78 bits per heavy atom. The second-order valence-electron chi connectivity index (χ2n) is 8.31. The number of H-pyrrole nitrogens is 1. The molecule has 0 atom stereocenters. The molecule has 1 aromatic heterocycles. The van der Waals surface area contributed by atoms with Crippen molar-refractivity contribution in [1.29, 1.82) is 0 Å². The molecular formula is C23H24F3N5O. The molecule has 0 saturated carbocycles. The van der Waals surface area contributed by atoms with Crippen LogP contribution in [0.15, 0.2) is 48.2 Å². The Kier molecular flexibility index (Phi) is 5.00. The van der Waals surface area contributed by atoms with Crippen LogP contribution in [0.4, 0.5) is 24.5 Å². The molecule has 5 rings (SSSR count). The monoisotopic (exact) mass is 443 g/mol. The maximum atomic E-state index is 13.7. The third-order valence-electron chi connectivity index (χ3n) is 5.94. The minimum atomic E-state index is -4.44. The summed E-state index contributed by atoms with van der Waals surface area (Å²) in [6.45, 7) is 5.52. The molecule has 1 fully saturated rings. The van der Waals surface area contributed by atoms with E-state index >= 15 is 0 Å². The zero-order valence-electron chi connectivity index (χ0n) is 17.9. The highest BCUT2D eigenvalue weighted by Gasteiger charge is 2.32. The molecule has 0 amide bonds. The van der Waals surface area contributed by atoms with Gasteiger partial charge >= 0.3 is 6.18 Å². The smallest absolute Gasteiger partial charge is 0.384 e. The average molecular weight is 443 g/mol. The summed E-state index contributed by atoms with van der Waals surface area (Å²) in [6.07, 6.45) is -2.46. The molecule has 2 aliphatic rings. The van der Waals surface area contributed by atoms with Gasteiger partial charge in [-0.25, -0.2) is 10.0 Å². The van der Waals surface area contributed by atoms with E-state index in [0.29, 0.717) is 42.2 Å². The van der Waals surface area contributed by atoms with Gasteiger partial charge < -0.3 is 19.6 Å². The van der Waals surface area contributed by atoms with Crippen LogP contribution in [0.2, 0.25) is 0 Å². The van der Waals surface area contributed by atoms with Crippen LogP contribution >= 0.6 is 0 Å². The molecule has 9 heteroatoms. The first-order chi connectivity index (χ1) is 15.3. The molecule has 6 nitrogen and oxygen atoms in total. The number of piperazine rings is 1. The lowest BCUT2D eigenvalue weighted by molar-refractivity contribution is -0.137. The van der Waals surface area contributed by atoms with Crippen LogP contribution in [-0.2, 0) is 11.0 Å². The van der Waals surface area contributed by atoms with E-state index in [2.05, 4.69) is 14.9 Å². The van der Waals surface area contributed by atoms with E-state index in [-0.39, 0.29) is 0 Å². The molecule has 3 heterocycles. The Bertz CT molecular complexity index is 1180. The number of alkyl halides is 3. The summed E-state index contributed by atoms with van der Waals surface area (Å²) >= 11 is 0. The van der Waals surface area contributed by atoms with Gasteiger partial charge in [0.25, 0.3) is 0 Å². The number of fused-ring (bicyclic) bond motifs is 1. The van der Waals surface area contributed by atoms with Crippen molar-refractivity contribution < 1.29 is 18.0 Å². The van der Waals surface area contributed by atoms with Crippen LogP contribution in [0.25, 0.3) is 22.4 Å². The first-order valence-electron chi connectivity index (χ1n) is 10.5. The first kappa shape index (κ1) is 20.7. The fourth-order valence-corrected chi connectivity index (χ4v) is 4.07. The Labute approximate surface area is 183 Å². The number of imidazole rings is 1. The molecule has 168 valence electrons. The second-order valence-corrected chi connectivity index (χ2v) is 8.31. The number of hydrogen-bond donors (Lipinski definition) is 1. The highest BCUT2D eigenvalue weighted by Crippen LogP contribution is 2.36. The van der Waals surface area contributed by atoms with Crippen LogP contribution in [0, 0.1) is 0 Å². The molecule has 0 spiro atoms. The lowest BCUT2D eigenvalue weighted by atomic mass is 10.1. The Balaban J connectivity index is 1.52. The number of allylic oxidation sites excluding steroid dienone is 1. The summed E-state index contributed by atoms with van der Waals surface area (Å²) in [6, 6.07) is 9.81. The number of aromatic amines is 1. The van der Waals surface area contributed by atoms with E-state index < -0.39 is 11.7 Å². The Morgan fingerprint density at radius 1 is 1.00 bits per heavy atom. The predicted molar refractivity (Wildman–Crippen MR) is 118 cm³/mol. The normalized spacial score (nSPS) is 17.7. The van der Waals surface area contributed by atoms with Gasteiger partial charge in [-0.15, -0.1) is 0 Å². The molecule has 0 aliphatic carbocycles. The molecule has 0 unspecified atom stereocenters. The predicted octanol–water partition coefficient (Wildman–Crippen LogP) is 4.66. The Morgan fingerprint density at radius 3 is 2.47 bits per heavy atom. The zero-order valence-corrected chi connectivity index (χ0v) is 17.9. The van der Waals surface area contributed by atoms with Gasteiger partial charge in [-0.2, -0.15) is 13.2 Å². The van der Waals surface area contributed by atoms with Crippen molar-refractivity contribution in [1.82, 2.24) is 14.9 Å². The third kappa shape index (κ3) is 4.00. The first-order valence-corrected chi connectivity index (χ1v) is 10.5. The van der Waals surface area contributed by atoms with Crippen molar-refractivity contribution in [2.24, 2.45) is 0 Å². The van der Waals surface area contributed by atoms with Crippen molar-refractivity contribution in [3.63, 3.8) is 0 Å². The lowest BCUT2D eigenvalue weighted by Gasteiger charge is -2.34. The summed E-state index contributed by atoms with van der Waals surface area (Å²) in [5.41, 5.74) is 2.59. The highest BCUT2D eigenvalue weighted by atomic mass is 19.4. The van der Waals surface area contributed by atoms with Crippen molar-refractivity contribution in [3.05, 3.63) is 53.8 Å². The molecule has 2 aromatic carbocycles. The number of nitrogens with one attached hydrogen (secondary N) is 1. The van der Waals surface area contributed by atoms with Gasteiger partial charge in [-0.1, -0.05) is 0 Å². The van der Waals surface area contributed by atoms with Crippen LogP contribution in [-0.4, -0.2) is 54.6 Å². The van der Waals surface area contributed by atoms with E-state index in [0.717, 1.165) is 36.1 Å². The quantitative estimate of drug-likeness (QED) is 0.638. The summed E-state index contributed by atoms with van der Waals surface area (Å²) in [5.74, 6) is 1.24. The number of halogens is 3. The molecule has 1 N–H and O–H groups in total. The average Bonchev–Trinajstić information content (AvgIpc) is 3.39. The largest absolute Gasteiger partial charge is 0.416 e. The number of anilines is 2. The topological polar surface area (TPSA) is 47.6 Å². The van der Waals surface area contributed by atoms with E-state index in [1.165, 1.54) is 6.07 Å². The van der Waals surface area contributed by atoms with E-state index in [9.17, 15) is 13.2 Å². The molecule has 3 aromatic rings. The van der Waals surface area contributed by atoms with Gasteiger partial charge in [-0.3, -0.25) is 0 Å². The highest BCUT2D eigenvalue weighted by molar-refractivity contribution is 5.83. The fraction of sp³-hybridized carbons (Fsp3) is 0.348. The summed E-state index contributed by atoms with van der Waals surface area (Å²) < 4.78 is 41.0. The van der Waals surface area contributed by atoms with Crippen LogP contribution in [0.3, 0.4) is 0 Å². The summed E-state index contributed by atoms with van der Waals surface area (Å²) in [7, 11) is 2.02. The standard InChI is InChI=1S/C23H24F3N5O/c1-15-5-6-31(32-15)18-3-4-20-21(14-18)28-22(27-20)16-11-17(23(24,25)26)13-19(12-16)30-9-7-29(2)8-10-30/h3-5,11-14H,6-10H2,1-2H3,(H,27,28). The number of aromatic nitrogens is 2. The molecular weight excluding hydrogens is 419 g/mol. The SMILES string of the molecule is CC1=CCN(c2ccc3nc(-c4cc(N5CCN(C)CC5)cc(C(F)(F)F)c4)[nH]c3c2)O1. The van der Waals surface area contributed by atoms with Crippen LogP contribution in [0.5, 0.6) is 0 Å². The van der Waals surface area contributed by atoms with Crippen molar-refractivity contribution in [3.8, 4) is 11.4 Å². The number of nitrogens with zero attached hydrogens (tertiary/aromatic N) is 4. The van der Waals surface area contributed by atoms with Gasteiger partial charge in [-0.05, 0) is 56.4 Å². The number of likely N-dealkylation sites (N-methyl/N-ethyl adjacent to an activating group) is 1.